The number of hydrogen-bond donors (Lipinski definition) is 0. The average Bonchev–Trinajstić information content (AvgIpc) is 3.36. The maximum atomic E-state index is 12.5. The van der Waals surface area contributed by atoms with Crippen LogP contribution < -0.4 is 0 Å². The Bertz CT molecular complexity index is 691. The molecule has 2 amide bonds. The summed E-state index contributed by atoms with van der Waals surface area (Å²) in [6.45, 7) is 6.09. The number of likely N-dealkylation sites (tertiary alicyclic amines) is 1. The normalized spacial score (nSPS) is 25.8. The van der Waals surface area contributed by atoms with Crippen LogP contribution in [0.15, 0.2) is 4.52 Å². The van der Waals surface area contributed by atoms with Crippen molar-refractivity contribution in [1.82, 2.24) is 19.9 Å². The van der Waals surface area contributed by atoms with E-state index in [1.54, 1.807) is 6.92 Å². The van der Waals surface area contributed by atoms with Crippen LogP contribution >= 0.6 is 0 Å². The van der Waals surface area contributed by atoms with Gasteiger partial charge in [-0.25, -0.2) is 0 Å². The average molecular weight is 362 g/mol. The van der Waals surface area contributed by atoms with Crippen LogP contribution in [0.4, 0.5) is 0 Å². The van der Waals surface area contributed by atoms with E-state index in [2.05, 4.69) is 17.1 Å². The number of piperidine rings is 1. The van der Waals surface area contributed by atoms with Crippen molar-refractivity contribution < 1.29 is 18.8 Å². The van der Waals surface area contributed by atoms with E-state index in [-0.39, 0.29) is 36.5 Å². The first-order chi connectivity index (χ1) is 12.5. The van der Waals surface area contributed by atoms with Crippen LogP contribution in [-0.2, 0) is 20.7 Å². The highest BCUT2D eigenvalue weighted by Crippen LogP contribution is 2.38. The molecule has 26 heavy (non-hydrogen) atoms. The molecule has 3 aliphatic rings. The topological polar surface area (TPSA) is 88.8 Å². The number of aryl methyl sites for hydroxylation is 1. The number of carbonyl (C=O) groups excluding carboxylic acids is 2. The first-order valence-corrected chi connectivity index (χ1v) is 9.47. The molecule has 142 valence electrons. The number of amides is 2. The van der Waals surface area contributed by atoms with Crippen LogP contribution in [0.2, 0.25) is 0 Å². The van der Waals surface area contributed by atoms with Gasteiger partial charge in [0.1, 0.15) is 13.0 Å². The molecule has 1 unspecified atom stereocenters. The third-order valence-electron chi connectivity index (χ3n) is 6.02. The number of morpholine rings is 1. The van der Waals surface area contributed by atoms with Crippen LogP contribution in [-0.4, -0.2) is 69.6 Å². The second kappa shape index (κ2) is 6.64. The van der Waals surface area contributed by atoms with Gasteiger partial charge >= 0.3 is 0 Å². The van der Waals surface area contributed by atoms with Crippen molar-refractivity contribution in [3.8, 4) is 0 Å². The molecular formula is C18H26N4O4. The van der Waals surface area contributed by atoms with Crippen molar-refractivity contribution in [3.05, 3.63) is 11.7 Å². The lowest BCUT2D eigenvalue weighted by molar-refractivity contribution is -0.188. The van der Waals surface area contributed by atoms with Crippen LogP contribution in [0.5, 0.6) is 0 Å². The quantitative estimate of drug-likeness (QED) is 0.792. The Morgan fingerprint density at radius 1 is 1.31 bits per heavy atom. The van der Waals surface area contributed by atoms with Gasteiger partial charge in [-0.2, -0.15) is 4.98 Å². The van der Waals surface area contributed by atoms with Gasteiger partial charge in [0.15, 0.2) is 5.82 Å². The molecule has 1 aromatic heterocycles. The van der Waals surface area contributed by atoms with Gasteiger partial charge in [0.2, 0.25) is 17.7 Å². The molecule has 1 aromatic rings. The van der Waals surface area contributed by atoms with Gasteiger partial charge in [-0.1, -0.05) is 5.16 Å². The molecule has 1 saturated carbocycles. The van der Waals surface area contributed by atoms with E-state index >= 15 is 0 Å². The van der Waals surface area contributed by atoms with E-state index < -0.39 is 0 Å². The summed E-state index contributed by atoms with van der Waals surface area (Å²) in [5.74, 6) is 1.65. The van der Waals surface area contributed by atoms with Gasteiger partial charge in [-0.15, -0.1) is 0 Å². The van der Waals surface area contributed by atoms with Crippen LogP contribution in [0.3, 0.4) is 0 Å². The second-order valence-electron chi connectivity index (χ2n) is 7.81. The van der Waals surface area contributed by atoms with Gasteiger partial charge in [0, 0.05) is 19.6 Å². The predicted octanol–water partition coefficient (Wildman–Crippen LogP) is 0.939. The largest absolute Gasteiger partial charge is 0.363 e. The summed E-state index contributed by atoms with van der Waals surface area (Å²) in [5.41, 5.74) is -0.333. The first-order valence-electron chi connectivity index (χ1n) is 9.47. The Balaban J connectivity index is 1.37. The van der Waals surface area contributed by atoms with Crippen molar-refractivity contribution in [2.24, 2.45) is 5.92 Å². The molecule has 8 nitrogen and oxygen atoms in total. The van der Waals surface area contributed by atoms with Crippen molar-refractivity contribution in [2.75, 3.05) is 26.2 Å². The molecule has 4 rings (SSSR count). The lowest BCUT2D eigenvalue weighted by Crippen LogP contribution is -2.64. The third-order valence-corrected chi connectivity index (χ3v) is 6.02. The summed E-state index contributed by atoms with van der Waals surface area (Å²) < 4.78 is 11.1. The number of ether oxygens (including phenoxy) is 1. The number of aromatic nitrogens is 2. The molecular weight excluding hydrogens is 336 g/mol. The Kier molecular flexibility index (Phi) is 4.46. The fourth-order valence-corrected chi connectivity index (χ4v) is 4.10. The summed E-state index contributed by atoms with van der Waals surface area (Å²) in [6, 6.07) is 0.0557. The minimum Gasteiger partial charge on any atom is -0.363 e. The summed E-state index contributed by atoms with van der Waals surface area (Å²) in [7, 11) is 0. The van der Waals surface area contributed by atoms with E-state index in [0.717, 1.165) is 19.4 Å². The SMILES string of the molecule is Cc1noc(CC(=O)N2CCC3(CC2)OCC(=O)N(CC2CC2)C3C)n1. The number of rotatable bonds is 4. The maximum Gasteiger partial charge on any atom is 0.248 e. The molecule has 0 aromatic carbocycles. The number of carbonyl (C=O) groups is 2. The Morgan fingerprint density at radius 3 is 2.65 bits per heavy atom. The molecule has 2 saturated heterocycles. The molecule has 3 fully saturated rings. The van der Waals surface area contributed by atoms with Gasteiger partial charge in [-0.3, -0.25) is 9.59 Å². The van der Waals surface area contributed by atoms with Gasteiger partial charge in [-0.05, 0) is 45.4 Å². The summed E-state index contributed by atoms with van der Waals surface area (Å²) in [5, 5.41) is 3.72. The minimum absolute atomic E-state index is 0.00197. The smallest absolute Gasteiger partial charge is 0.248 e. The fourth-order valence-electron chi connectivity index (χ4n) is 4.10. The molecule has 0 bridgehead atoms. The molecule has 3 heterocycles. The maximum absolute atomic E-state index is 12.5. The van der Waals surface area contributed by atoms with Gasteiger partial charge < -0.3 is 19.1 Å². The molecule has 2 aliphatic heterocycles. The van der Waals surface area contributed by atoms with Crippen molar-refractivity contribution in [2.45, 2.75) is 57.6 Å². The zero-order valence-electron chi connectivity index (χ0n) is 15.4. The Morgan fingerprint density at radius 2 is 2.04 bits per heavy atom. The highest BCUT2D eigenvalue weighted by Gasteiger charge is 2.49. The second-order valence-corrected chi connectivity index (χ2v) is 7.81. The van der Waals surface area contributed by atoms with E-state index in [0.29, 0.717) is 30.7 Å². The summed E-state index contributed by atoms with van der Waals surface area (Å²) >= 11 is 0. The zero-order valence-corrected chi connectivity index (χ0v) is 15.4. The lowest BCUT2D eigenvalue weighted by atomic mass is 9.82. The number of nitrogens with zero attached hydrogens (tertiary/aromatic N) is 4. The van der Waals surface area contributed by atoms with Gasteiger partial charge in [0.25, 0.3) is 0 Å². The number of hydrogen-bond acceptors (Lipinski definition) is 6. The molecule has 1 aliphatic carbocycles. The van der Waals surface area contributed by atoms with Gasteiger partial charge in [0.05, 0.1) is 11.6 Å². The van der Waals surface area contributed by atoms with Crippen LogP contribution in [0.25, 0.3) is 0 Å². The fraction of sp³-hybridized carbons (Fsp3) is 0.778. The highest BCUT2D eigenvalue weighted by atomic mass is 16.5. The van der Waals surface area contributed by atoms with Crippen LogP contribution in [0.1, 0.15) is 44.3 Å². The van der Waals surface area contributed by atoms with Crippen molar-refractivity contribution in [3.63, 3.8) is 0 Å². The third kappa shape index (κ3) is 3.34. The summed E-state index contributed by atoms with van der Waals surface area (Å²) in [4.78, 5) is 32.7. The van der Waals surface area contributed by atoms with Crippen molar-refractivity contribution >= 4 is 11.8 Å². The molecule has 8 heteroatoms. The van der Waals surface area contributed by atoms with Crippen molar-refractivity contribution in [1.29, 1.82) is 0 Å². The monoisotopic (exact) mass is 362 g/mol. The molecule has 1 atom stereocenters. The zero-order chi connectivity index (χ0) is 18.3. The van der Waals surface area contributed by atoms with E-state index in [9.17, 15) is 9.59 Å². The Labute approximate surface area is 152 Å². The van der Waals surface area contributed by atoms with Crippen LogP contribution in [0, 0.1) is 12.8 Å². The first kappa shape index (κ1) is 17.5. The Hall–Kier alpha value is -1.96. The van der Waals surface area contributed by atoms with E-state index in [1.165, 1.54) is 12.8 Å². The molecule has 0 radical (unpaired) electrons. The highest BCUT2D eigenvalue weighted by molar-refractivity contribution is 5.79. The standard InChI is InChI=1S/C18H26N4O4/c1-12-18(25-11-17(24)22(12)10-14-3-4-14)5-7-21(8-6-18)16(23)9-15-19-13(2)20-26-15/h12,14H,3-11H2,1-2H3. The summed E-state index contributed by atoms with van der Waals surface area (Å²) in [6.07, 6.45) is 4.08. The molecule has 1 spiro atoms. The lowest BCUT2D eigenvalue weighted by Gasteiger charge is -2.51. The molecule has 0 N–H and O–H groups in total. The minimum atomic E-state index is -0.333. The van der Waals surface area contributed by atoms with E-state index in [1.807, 2.05) is 9.80 Å². The predicted molar refractivity (Wildman–Crippen MR) is 91.1 cm³/mol. The van der Waals surface area contributed by atoms with E-state index in [4.69, 9.17) is 9.26 Å².